The molecule has 0 aliphatic heterocycles. The third-order valence-corrected chi connectivity index (χ3v) is 2.96. The van der Waals surface area contributed by atoms with Crippen LogP contribution in [0.25, 0.3) is 11.5 Å². The first kappa shape index (κ1) is 15.4. The number of carbonyl (C=O) groups excluding carboxylic acids is 1. The van der Waals surface area contributed by atoms with E-state index in [1.54, 1.807) is 30.5 Å². The molecule has 0 fully saturated rings. The van der Waals surface area contributed by atoms with Crippen molar-refractivity contribution in [3.05, 3.63) is 58.7 Å². The van der Waals surface area contributed by atoms with Crippen molar-refractivity contribution in [2.75, 3.05) is 13.2 Å². The van der Waals surface area contributed by atoms with Crippen molar-refractivity contribution in [3.8, 4) is 17.3 Å². The van der Waals surface area contributed by atoms with Crippen LogP contribution < -0.4 is 15.6 Å². The summed E-state index contributed by atoms with van der Waals surface area (Å²) in [5, 5.41) is 16.3. The molecule has 0 unspecified atom stereocenters. The van der Waals surface area contributed by atoms with Crippen LogP contribution in [0.15, 0.2) is 51.9 Å². The fourth-order valence-electron chi connectivity index (χ4n) is 1.83. The minimum absolute atomic E-state index is 0.122. The molecule has 122 valence electrons. The van der Waals surface area contributed by atoms with Crippen LogP contribution in [0.1, 0.15) is 10.5 Å². The largest absolute Gasteiger partial charge is 0.475 e. The Kier molecular flexibility index (Phi) is 4.61. The van der Waals surface area contributed by atoms with Crippen molar-refractivity contribution in [1.82, 2.24) is 25.7 Å². The van der Waals surface area contributed by atoms with E-state index in [2.05, 4.69) is 25.7 Å². The normalized spacial score (nSPS) is 10.3. The van der Waals surface area contributed by atoms with Crippen molar-refractivity contribution in [2.45, 2.75) is 0 Å². The van der Waals surface area contributed by atoms with Gasteiger partial charge in [-0.1, -0.05) is 0 Å². The number of carbonyl (C=O) groups is 1. The molecule has 2 N–H and O–H groups in total. The quantitative estimate of drug-likeness (QED) is 0.636. The van der Waals surface area contributed by atoms with Crippen LogP contribution in [-0.4, -0.2) is 39.5 Å². The Hall–Kier alpha value is -3.49. The fraction of sp³-hybridized carbons (Fsp3) is 0.133. The molecule has 0 aliphatic carbocycles. The third kappa shape index (κ3) is 3.83. The first-order valence-corrected chi connectivity index (χ1v) is 7.07. The average Bonchev–Trinajstić information content (AvgIpc) is 3.14. The van der Waals surface area contributed by atoms with Crippen LogP contribution in [0.4, 0.5) is 0 Å². The molecule has 3 aromatic rings. The van der Waals surface area contributed by atoms with E-state index in [0.29, 0.717) is 17.3 Å². The molecule has 0 radical (unpaired) electrons. The minimum atomic E-state index is -0.408. The molecule has 0 bridgehead atoms. The number of rotatable bonds is 6. The summed E-state index contributed by atoms with van der Waals surface area (Å²) >= 11 is 0. The molecule has 0 spiro atoms. The van der Waals surface area contributed by atoms with Gasteiger partial charge in [0.25, 0.3) is 11.5 Å². The lowest BCUT2D eigenvalue weighted by Gasteiger charge is -2.06. The van der Waals surface area contributed by atoms with E-state index >= 15 is 0 Å². The zero-order valence-corrected chi connectivity index (χ0v) is 12.4. The Morgan fingerprint density at radius 1 is 1.21 bits per heavy atom. The molecular weight excluding hydrogens is 314 g/mol. The second-order valence-electron chi connectivity index (χ2n) is 4.64. The summed E-state index contributed by atoms with van der Waals surface area (Å²) < 4.78 is 10.6. The number of aromatic amines is 1. The van der Waals surface area contributed by atoms with Gasteiger partial charge in [0.2, 0.25) is 5.88 Å². The molecule has 24 heavy (non-hydrogen) atoms. The first-order valence-electron chi connectivity index (χ1n) is 7.07. The van der Waals surface area contributed by atoms with E-state index in [9.17, 15) is 9.59 Å². The van der Waals surface area contributed by atoms with E-state index in [0.717, 1.165) is 0 Å². The predicted octanol–water partition coefficient (Wildman–Crippen LogP) is 0.629. The van der Waals surface area contributed by atoms with E-state index in [1.807, 2.05) is 0 Å². The highest BCUT2D eigenvalue weighted by Crippen LogP contribution is 2.17. The van der Waals surface area contributed by atoms with E-state index < -0.39 is 5.91 Å². The Labute approximate surface area is 135 Å². The highest BCUT2D eigenvalue weighted by molar-refractivity contribution is 5.91. The van der Waals surface area contributed by atoms with Crippen LogP contribution in [0.3, 0.4) is 0 Å². The van der Waals surface area contributed by atoms with E-state index in [4.69, 9.17) is 9.15 Å². The summed E-state index contributed by atoms with van der Waals surface area (Å²) in [5.41, 5.74) is 0.355. The highest BCUT2D eigenvalue weighted by atomic mass is 16.5. The lowest BCUT2D eigenvalue weighted by Crippen LogP contribution is -2.29. The third-order valence-electron chi connectivity index (χ3n) is 2.96. The molecule has 0 saturated carbocycles. The summed E-state index contributed by atoms with van der Waals surface area (Å²) in [7, 11) is 0. The Morgan fingerprint density at radius 2 is 2.12 bits per heavy atom. The zero-order chi connectivity index (χ0) is 16.8. The molecule has 3 aromatic heterocycles. The monoisotopic (exact) mass is 327 g/mol. The van der Waals surface area contributed by atoms with Crippen molar-refractivity contribution in [3.63, 3.8) is 0 Å². The number of nitrogens with one attached hydrogen (secondary N) is 2. The summed E-state index contributed by atoms with van der Waals surface area (Å²) in [5.74, 6) is 0.547. The molecule has 0 aliphatic rings. The van der Waals surface area contributed by atoms with E-state index in [1.165, 1.54) is 12.1 Å². The maximum atomic E-state index is 11.8. The van der Waals surface area contributed by atoms with Gasteiger partial charge in [-0.05, 0) is 24.3 Å². The molecule has 9 heteroatoms. The number of nitrogens with zero attached hydrogens (tertiary/aromatic N) is 3. The van der Waals surface area contributed by atoms with Crippen LogP contribution >= 0.6 is 0 Å². The zero-order valence-electron chi connectivity index (χ0n) is 12.4. The number of H-pyrrole nitrogens is 1. The number of amides is 1. The summed E-state index contributed by atoms with van der Waals surface area (Å²) in [6.07, 6.45) is 1.56. The summed E-state index contributed by atoms with van der Waals surface area (Å²) in [4.78, 5) is 22.6. The van der Waals surface area contributed by atoms with Gasteiger partial charge < -0.3 is 14.5 Å². The Morgan fingerprint density at radius 3 is 2.79 bits per heavy atom. The molecular formula is C15H13N5O4. The fourth-order valence-corrected chi connectivity index (χ4v) is 1.83. The van der Waals surface area contributed by atoms with Crippen molar-refractivity contribution in [2.24, 2.45) is 0 Å². The average molecular weight is 327 g/mol. The molecule has 3 rings (SSSR count). The number of ether oxygens (including phenoxy) is 1. The van der Waals surface area contributed by atoms with Crippen LogP contribution in [0.5, 0.6) is 5.88 Å². The Balaban J connectivity index is 1.45. The van der Waals surface area contributed by atoms with Gasteiger partial charge in [-0.2, -0.15) is 5.10 Å². The van der Waals surface area contributed by atoms with Gasteiger partial charge in [-0.15, -0.1) is 10.2 Å². The van der Waals surface area contributed by atoms with Gasteiger partial charge in [-0.25, -0.2) is 5.10 Å². The first-order chi connectivity index (χ1) is 11.7. The van der Waals surface area contributed by atoms with Crippen molar-refractivity contribution in [1.29, 1.82) is 0 Å². The SMILES string of the molecule is O=C(NCCOc1ccc(-c2ccco2)nn1)c1ccc(=O)[nH]n1. The number of aromatic nitrogens is 4. The second kappa shape index (κ2) is 7.18. The van der Waals surface area contributed by atoms with E-state index in [-0.39, 0.29) is 24.4 Å². The maximum absolute atomic E-state index is 11.8. The maximum Gasteiger partial charge on any atom is 0.271 e. The molecule has 0 saturated heterocycles. The van der Waals surface area contributed by atoms with Gasteiger partial charge >= 0.3 is 0 Å². The van der Waals surface area contributed by atoms with Gasteiger partial charge in [0.1, 0.15) is 18.0 Å². The molecule has 3 heterocycles. The predicted molar refractivity (Wildman–Crippen MR) is 82.4 cm³/mol. The lowest BCUT2D eigenvalue weighted by atomic mass is 10.3. The number of hydrogen-bond acceptors (Lipinski definition) is 7. The standard InChI is InChI=1S/C15H13N5O4/c21-13-5-3-11(18-19-13)15(22)16-7-9-24-14-6-4-10(17-20-14)12-2-1-8-23-12/h1-6,8H,7,9H2,(H,16,22)(H,19,21). The lowest BCUT2D eigenvalue weighted by molar-refractivity contribution is 0.0940. The Bertz CT molecular complexity index is 838. The topological polar surface area (TPSA) is 123 Å². The van der Waals surface area contributed by atoms with Gasteiger partial charge in [-0.3, -0.25) is 9.59 Å². The van der Waals surface area contributed by atoms with Crippen LogP contribution in [0.2, 0.25) is 0 Å². The highest BCUT2D eigenvalue weighted by Gasteiger charge is 2.07. The smallest absolute Gasteiger partial charge is 0.271 e. The molecule has 1 amide bonds. The van der Waals surface area contributed by atoms with Gasteiger partial charge in [0.15, 0.2) is 5.76 Å². The summed E-state index contributed by atoms with van der Waals surface area (Å²) in [6.45, 7) is 0.463. The van der Waals surface area contributed by atoms with Gasteiger partial charge in [0, 0.05) is 12.1 Å². The number of furan rings is 1. The van der Waals surface area contributed by atoms with Crippen molar-refractivity contribution < 1.29 is 13.9 Å². The van der Waals surface area contributed by atoms with Gasteiger partial charge in [0.05, 0.1) is 12.8 Å². The van der Waals surface area contributed by atoms with Crippen LogP contribution in [-0.2, 0) is 0 Å². The second-order valence-corrected chi connectivity index (χ2v) is 4.64. The minimum Gasteiger partial charge on any atom is -0.475 e. The number of hydrogen-bond donors (Lipinski definition) is 2. The van der Waals surface area contributed by atoms with Crippen LogP contribution in [0, 0.1) is 0 Å². The van der Waals surface area contributed by atoms with Crippen molar-refractivity contribution >= 4 is 5.91 Å². The molecule has 0 aromatic carbocycles. The molecule has 0 atom stereocenters. The molecule has 9 nitrogen and oxygen atoms in total. The summed E-state index contributed by atoms with van der Waals surface area (Å²) in [6, 6.07) is 9.51.